The zero-order valence-corrected chi connectivity index (χ0v) is 18.4. The Bertz CT molecular complexity index is 842. The maximum Gasteiger partial charge on any atom is 0.258 e. The molecule has 1 aromatic carbocycles. The molecule has 3 aliphatic rings. The topological polar surface area (TPSA) is 38.9 Å². The van der Waals surface area contributed by atoms with Crippen LogP contribution < -0.4 is 0 Å². The third kappa shape index (κ3) is 3.89. The van der Waals surface area contributed by atoms with Crippen LogP contribution >= 0.6 is 0 Å². The summed E-state index contributed by atoms with van der Waals surface area (Å²) in [6, 6.07) is 6.93. The van der Waals surface area contributed by atoms with Gasteiger partial charge in [-0.1, -0.05) is 23.3 Å². The van der Waals surface area contributed by atoms with Gasteiger partial charge in [-0.3, -0.25) is 4.79 Å². The number of allylic oxidation sites excluding steroid dienone is 1. The van der Waals surface area contributed by atoms with Crippen molar-refractivity contribution < 1.29 is 9.49 Å². The molecule has 1 unspecified atom stereocenters. The van der Waals surface area contributed by atoms with Gasteiger partial charge in [0.1, 0.15) is 11.3 Å². The second-order valence-corrected chi connectivity index (χ2v) is 8.96. The van der Waals surface area contributed by atoms with Crippen LogP contribution in [0.4, 0.5) is 5.69 Å². The lowest BCUT2D eigenvalue weighted by Gasteiger charge is -2.40. The largest absolute Gasteiger partial charge is 0.339 e. The van der Waals surface area contributed by atoms with E-state index >= 15 is 0 Å². The molecule has 5 nitrogen and oxygen atoms in total. The van der Waals surface area contributed by atoms with Crippen LogP contribution in [0.5, 0.6) is 0 Å². The molecule has 1 amide bonds. The van der Waals surface area contributed by atoms with E-state index in [-0.39, 0.29) is 11.9 Å². The molecule has 3 heterocycles. The number of carbonyl (C=O) groups is 1. The molecule has 1 atom stereocenters. The molecule has 0 bridgehead atoms. The third-order valence-corrected chi connectivity index (χ3v) is 7.14. The van der Waals surface area contributed by atoms with Gasteiger partial charge in [0.25, 0.3) is 5.91 Å². The maximum absolute atomic E-state index is 13.4. The Morgan fingerprint density at radius 3 is 2.41 bits per heavy atom. The van der Waals surface area contributed by atoms with E-state index in [0.29, 0.717) is 6.04 Å². The molecule has 156 valence electrons. The van der Waals surface area contributed by atoms with Gasteiger partial charge in [-0.2, -0.15) is 0 Å². The third-order valence-electron chi connectivity index (χ3n) is 7.14. The average molecular weight is 396 g/mol. The summed E-state index contributed by atoms with van der Waals surface area (Å²) in [6.45, 7) is 12.6. The van der Waals surface area contributed by atoms with Crippen LogP contribution in [-0.4, -0.2) is 58.7 Å². The van der Waals surface area contributed by atoms with Crippen molar-refractivity contribution in [2.45, 2.75) is 71.9 Å². The summed E-state index contributed by atoms with van der Waals surface area (Å²) in [5.41, 5.74) is 5.31. The van der Waals surface area contributed by atoms with Gasteiger partial charge in [-0.05, 0) is 70.2 Å². The summed E-state index contributed by atoms with van der Waals surface area (Å²) in [7, 11) is 0. The van der Waals surface area contributed by atoms with Gasteiger partial charge in [0.15, 0.2) is 0 Å². The second kappa shape index (κ2) is 8.39. The first-order valence-corrected chi connectivity index (χ1v) is 11.3. The molecular formula is C24H35N4O+. The molecule has 2 fully saturated rings. The minimum Gasteiger partial charge on any atom is -0.339 e. The van der Waals surface area contributed by atoms with Crippen molar-refractivity contribution in [3.63, 3.8) is 0 Å². The maximum atomic E-state index is 13.4. The first-order chi connectivity index (χ1) is 14.0. The Labute approximate surface area is 175 Å². The van der Waals surface area contributed by atoms with E-state index in [2.05, 4.69) is 48.8 Å². The molecule has 0 N–H and O–H groups in total. The van der Waals surface area contributed by atoms with E-state index < -0.39 is 0 Å². The Morgan fingerprint density at radius 2 is 1.72 bits per heavy atom. The zero-order chi connectivity index (χ0) is 20.5. The lowest BCUT2D eigenvalue weighted by molar-refractivity contribution is -0.529. The lowest BCUT2D eigenvalue weighted by Crippen LogP contribution is -2.49. The van der Waals surface area contributed by atoms with E-state index in [0.717, 1.165) is 42.9 Å². The van der Waals surface area contributed by atoms with Gasteiger partial charge < -0.3 is 9.80 Å². The Kier molecular flexibility index (Phi) is 5.86. The monoisotopic (exact) mass is 395 g/mol. The second-order valence-electron chi connectivity index (χ2n) is 8.96. The van der Waals surface area contributed by atoms with Crippen LogP contribution in [0, 0.1) is 13.8 Å². The van der Waals surface area contributed by atoms with Crippen LogP contribution in [-0.2, 0) is 4.79 Å². The number of hydrogen-bond donors (Lipinski definition) is 0. The predicted octanol–water partition coefficient (Wildman–Crippen LogP) is 4.55. The van der Waals surface area contributed by atoms with Crippen LogP contribution in [0.2, 0.25) is 0 Å². The molecule has 3 aliphatic heterocycles. The fourth-order valence-electron chi connectivity index (χ4n) is 5.19. The zero-order valence-electron chi connectivity index (χ0n) is 18.4. The van der Waals surface area contributed by atoms with Crippen molar-refractivity contribution in [3.8, 4) is 0 Å². The number of azo groups is 2. The average Bonchev–Trinajstić information content (AvgIpc) is 3.04. The van der Waals surface area contributed by atoms with Crippen molar-refractivity contribution in [3.05, 3.63) is 40.6 Å². The molecule has 0 radical (unpaired) electrons. The summed E-state index contributed by atoms with van der Waals surface area (Å²) in [5.74, 6) is 0.184. The molecule has 0 saturated carbocycles. The van der Waals surface area contributed by atoms with Crippen LogP contribution in [0.1, 0.15) is 57.1 Å². The number of rotatable bonds is 3. The number of carbonyl (C=O) groups excluding carboxylic acids is 1. The van der Waals surface area contributed by atoms with Crippen LogP contribution in [0.3, 0.4) is 0 Å². The van der Waals surface area contributed by atoms with Crippen molar-refractivity contribution in [1.29, 1.82) is 0 Å². The molecule has 5 heteroatoms. The van der Waals surface area contributed by atoms with Gasteiger partial charge >= 0.3 is 0 Å². The van der Waals surface area contributed by atoms with Gasteiger partial charge in [-0.15, -0.1) is 0 Å². The number of likely N-dealkylation sites (tertiary alicyclic amines) is 2. The van der Waals surface area contributed by atoms with Crippen molar-refractivity contribution >= 4 is 11.6 Å². The smallest absolute Gasteiger partial charge is 0.258 e. The van der Waals surface area contributed by atoms with E-state index in [1.54, 1.807) is 0 Å². The molecule has 1 aromatic rings. The number of aryl methyl sites for hydroxylation is 1. The highest BCUT2D eigenvalue weighted by atomic mass is 16.2. The van der Waals surface area contributed by atoms with Gasteiger partial charge in [0.2, 0.25) is 11.7 Å². The lowest BCUT2D eigenvalue weighted by atomic mass is 9.98. The highest BCUT2D eigenvalue weighted by Crippen LogP contribution is 2.33. The summed E-state index contributed by atoms with van der Waals surface area (Å²) in [4.78, 5) is 18.1. The Morgan fingerprint density at radius 1 is 1.03 bits per heavy atom. The summed E-state index contributed by atoms with van der Waals surface area (Å²) < 4.78 is 2.03. The van der Waals surface area contributed by atoms with Gasteiger partial charge in [0.05, 0.1) is 0 Å². The number of piperidine rings is 2. The van der Waals surface area contributed by atoms with E-state index in [4.69, 9.17) is 5.11 Å². The molecule has 4 rings (SSSR count). The normalized spacial score (nSPS) is 24.2. The summed E-state index contributed by atoms with van der Waals surface area (Å²) in [5, 5.41) is 4.78. The quantitative estimate of drug-likeness (QED) is 0.704. The minimum atomic E-state index is -0.0252. The van der Waals surface area contributed by atoms with Gasteiger partial charge in [-0.25, -0.2) is 0 Å². The summed E-state index contributed by atoms with van der Waals surface area (Å²) in [6.07, 6.45) is 6.24. The Balaban J connectivity index is 1.43. The molecule has 2 saturated heterocycles. The van der Waals surface area contributed by atoms with E-state index in [9.17, 15) is 4.79 Å². The number of nitrogens with zero attached hydrogens (tertiary/aromatic N) is 4. The van der Waals surface area contributed by atoms with Crippen molar-refractivity contribution in [2.75, 3.05) is 26.2 Å². The number of hydrogen-bond acceptors (Lipinski definition) is 3. The number of amides is 1. The molecule has 29 heavy (non-hydrogen) atoms. The van der Waals surface area contributed by atoms with Crippen molar-refractivity contribution in [2.24, 2.45) is 5.11 Å². The fraction of sp³-hybridized carbons (Fsp3) is 0.625. The number of benzene rings is 1. The minimum absolute atomic E-state index is 0.0252. The molecule has 0 spiro atoms. The van der Waals surface area contributed by atoms with Gasteiger partial charge in [0, 0.05) is 37.7 Å². The standard InChI is InChI=1S/C24H35N4O/c1-17-9-8-10-22(18(17)2)28-20(4)23(19(3)25-28)24(29)27-15-11-21(12-16-27)26-13-6-5-7-14-26/h8-10,20-21H,5-7,11-16H2,1-4H3/q+1. The van der Waals surface area contributed by atoms with Crippen LogP contribution in [0.25, 0.3) is 0 Å². The highest BCUT2D eigenvalue weighted by Gasteiger charge is 2.41. The SMILES string of the molecule is CC1=C(C(=O)N2CCC(N3CCCCC3)CC2)C(C)[N+](c2cccc(C)c2C)=N1. The highest BCUT2D eigenvalue weighted by molar-refractivity contribution is 5.95. The first kappa shape index (κ1) is 20.3. The Hall–Kier alpha value is -2.01. The van der Waals surface area contributed by atoms with E-state index in [1.165, 1.54) is 43.5 Å². The van der Waals surface area contributed by atoms with Crippen LogP contribution in [0.15, 0.2) is 34.6 Å². The fourth-order valence-corrected chi connectivity index (χ4v) is 5.19. The first-order valence-electron chi connectivity index (χ1n) is 11.3. The predicted molar refractivity (Wildman–Crippen MR) is 115 cm³/mol. The molecular weight excluding hydrogens is 360 g/mol. The van der Waals surface area contributed by atoms with Crippen molar-refractivity contribution in [1.82, 2.24) is 9.80 Å². The summed E-state index contributed by atoms with van der Waals surface area (Å²) >= 11 is 0. The van der Waals surface area contributed by atoms with E-state index in [1.807, 2.05) is 11.6 Å². The molecule has 0 aliphatic carbocycles. The molecule has 0 aromatic heterocycles.